The van der Waals surface area contributed by atoms with Crippen LogP contribution < -0.4 is 0 Å². The van der Waals surface area contributed by atoms with Crippen LogP contribution in [0.3, 0.4) is 0 Å². The molecular formula is C10H4F5N3. The first-order chi connectivity index (χ1) is 8.31. The summed E-state index contributed by atoms with van der Waals surface area (Å²) in [5.41, 5.74) is -4.42. The number of hydrogen-bond donors (Lipinski definition) is 0. The molecule has 8 heteroatoms. The van der Waals surface area contributed by atoms with Gasteiger partial charge in [-0.05, 0) is 11.6 Å². The maximum absolute atomic E-state index is 12.7. The van der Waals surface area contributed by atoms with Gasteiger partial charge >= 0.3 is 6.18 Å². The Hall–Kier alpha value is -2.22. The molecule has 0 aromatic carbocycles. The van der Waals surface area contributed by atoms with E-state index < -0.39 is 41.5 Å². The van der Waals surface area contributed by atoms with Crippen molar-refractivity contribution in [1.82, 2.24) is 4.98 Å². The van der Waals surface area contributed by atoms with Crippen molar-refractivity contribution in [3.63, 3.8) is 0 Å². The normalized spacial score (nSPS) is 11.1. The van der Waals surface area contributed by atoms with Crippen LogP contribution in [-0.4, -0.2) is 4.98 Å². The van der Waals surface area contributed by atoms with E-state index in [4.69, 9.17) is 10.5 Å². The molecule has 0 atom stereocenters. The zero-order chi connectivity index (χ0) is 13.9. The van der Waals surface area contributed by atoms with Crippen LogP contribution in [0.4, 0.5) is 22.0 Å². The maximum atomic E-state index is 12.7. The van der Waals surface area contributed by atoms with Crippen molar-refractivity contribution in [1.29, 1.82) is 10.5 Å². The number of alkyl halides is 5. The molecule has 0 amide bonds. The Balaban J connectivity index is 3.63. The minimum absolute atomic E-state index is 0.580. The topological polar surface area (TPSA) is 60.5 Å². The molecule has 3 nitrogen and oxygen atoms in total. The number of rotatable bonds is 2. The summed E-state index contributed by atoms with van der Waals surface area (Å²) in [5, 5.41) is 16.9. The van der Waals surface area contributed by atoms with Crippen molar-refractivity contribution >= 4 is 0 Å². The van der Waals surface area contributed by atoms with E-state index in [0.29, 0.717) is 6.07 Å². The van der Waals surface area contributed by atoms with Crippen LogP contribution in [0.15, 0.2) is 6.07 Å². The number of nitrogens with zero attached hydrogens (tertiary/aromatic N) is 3. The molecule has 1 aromatic rings. The van der Waals surface area contributed by atoms with Crippen molar-refractivity contribution in [2.24, 2.45) is 0 Å². The molecule has 0 spiro atoms. The average molecular weight is 261 g/mol. The summed E-state index contributed by atoms with van der Waals surface area (Å²) in [6.45, 7) is 0. The Morgan fingerprint density at radius 3 is 2.28 bits per heavy atom. The fourth-order valence-corrected chi connectivity index (χ4v) is 1.39. The van der Waals surface area contributed by atoms with Gasteiger partial charge in [0.25, 0.3) is 6.43 Å². The molecule has 0 radical (unpaired) electrons. The number of aromatic nitrogens is 1. The van der Waals surface area contributed by atoms with E-state index in [1.807, 2.05) is 0 Å². The Kier molecular flexibility index (Phi) is 3.82. The lowest BCUT2D eigenvalue weighted by molar-refractivity contribution is -0.140. The number of hydrogen-bond acceptors (Lipinski definition) is 3. The van der Waals surface area contributed by atoms with Gasteiger partial charge < -0.3 is 0 Å². The summed E-state index contributed by atoms with van der Waals surface area (Å²) in [7, 11) is 0. The molecule has 0 saturated heterocycles. The third kappa shape index (κ3) is 2.72. The lowest BCUT2D eigenvalue weighted by atomic mass is 10.0. The minimum Gasteiger partial charge on any atom is -0.235 e. The van der Waals surface area contributed by atoms with Gasteiger partial charge in [0.2, 0.25) is 0 Å². The fraction of sp³-hybridized carbons (Fsp3) is 0.300. The van der Waals surface area contributed by atoms with Gasteiger partial charge in [0.15, 0.2) is 0 Å². The molecule has 0 aliphatic heterocycles. The van der Waals surface area contributed by atoms with Gasteiger partial charge in [-0.15, -0.1) is 0 Å². The highest BCUT2D eigenvalue weighted by Gasteiger charge is 2.39. The van der Waals surface area contributed by atoms with Gasteiger partial charge in [-0.3, -0.25) is 0 Å². The highest BCUT2D eigenvalue weighted by molar-refractivity contribution is 5.40. The number of nitriles is 2. The second-order valence-corrected chi connectivity index (χ2v) is 3.17. The second kappa shape index (κ2) is 4.96. The minimum atomic E-state index is -5.06. The molecule has 94 valence electrons. The predicted octanol–water partition coefficient (Wildman–Crippen LogP) is 2.98. The van der Waals surface area contributed by atoms with E-state index in [2.05, 4.69) is 4.98 Å². The van der Waals surface area contributed by atoms with Crippen LogP contribution in [0.5, 0.6) is 0 Å². The van der Waals surface area contributed by atoms with Crippen LogP contribution >= 0.6 is 0 Å². The monoisotopic (exact) mass is 261 g/mol. The van der Waals surface area contributed by atoms with Gasteiger partial charge in [-0.25, -0.2) is 13.8 Å². The second-order valence-electron chi connectivity index (χ2n) is 3.17. The number of pyridine rings is 1. The zero-order valence-electron chi connectivity index (χ0n) is 8.59. The highest BCUT2D eigenvalue weighted by Crippen LogP contribution is 2.38. The van der Waals surface area contributed by atoms with Crippen molar-refractivity contribution in [2.75, 3.05) is 0 Å². The first-order valence-corrected chi connectivity index (χ1v) is 4.47. The Morgan fingerprint density at radius 1 is 1.28 bits per heavy atom. The molecular weight excluding hydrogens is 257 g/mol. The van der Waals surface area contributed by atoms with Crippen molar-refractivity contribution < 1.29 is 22.0 Å². The first-order valence-electron chi connectivity index (χ1n) is 4.47. The van der Waals surface area contributed by atoms with Gasteiger partial charge in [-0.1, -0.05) is 0 Å². The van der Waals surface area contributed by atoms with Crippen molar-refractivity contribution in [3.8, 4) is 12.1 Å². The Morgan fingerprint density at radius 2 is 1.89 bits per heavy atom. The van der Waals surface area contributed by atoms with Gasteiger partial charge in [-0.2, -0.15) is 23.7 Å². The van der Waals surface area contributed by atoms with Gasteiger partial charge in [0.1, 0.15) is 17.5 Å². The number of halogens is 5. The lowest BCUT2D eigenvalue weighted by Crippen LogP contribution is -2.16. The van der Waals surface area contributed by atoms with Crippen LogP contribution in [0, 0.1) is 22.7 Å². The standard InChI is InChI=1S/C10H4F5N3/c11-9(12)8-7(10(13,14)15)5(1-2-16)3-6(4-17)18-8/h3,9H,1H2. The summed E-state index contributed by atoms with van der Waals surface area (Å²) < 4.78 is 63.1. The SMILES string of the molecule is N#CCc1cc(C#N)nc(C(F)F)c1C(F)(F)F. The maximum Gasteiger partial charge on any atom is 0.418 e. The highest BCUT2D eigenvalue weighted by atomic mass is 19.4. The summed E-state index contributed by atoms with van der Waals surface area (Å²) in [6, 6.07) is 3.50. The average Bonchev–Trinajstić information content (AvgIpc) is 2.26. The molecule has 18 heavy (non-hydrogen) atoms. The lowest BCUT2D eigenvalue weighted by Gasteiger charge is -2.15. The van der Waals surface area contributed by atoms with Crippen LogP contribution in [0.1, 0.15) is 28.9 Å². The first kappa shape index (κ1) is 13.8. The predicted molar refractivity (Wildman–Crippen MR) is 48.2 cm³/mol. The largest absolute Gasteiger partial charge is 0.418 e. The van der Waals surface area contributed by atoms with Gasteiger partial charge in [0, 0.05) is 0 Å². The van der Waals surface area contributed by atoms with E-state index in [1.54, 1.807) is 0 Å². The van der Waals surface area contributed by atoms with E-state index in [9.17, 15) is 22.0 Å². The molecule has 0 unspecified atom stereocenters. The molecule has 1 heterocycles. The van der Waals surface area contributed by atoms with E-state index in [-0.39, 0.29) is 0 Å². The molecule has 0 aliphatic rings. The molecule has 0 saturated carbocycles. The van der Waals surface area contributed by atoms with Crippen molar-refractivity contribution in [3.05, 3.63) is 28.6 Å². The molecule has 1 rings (SSSR count). The molecule has 0 N–H and O–H groups in total. The smallest absolute Gasteiger partial charge is 0.235 e. The van der Waals surface area contributed by atoms with Crippen LogP contribution in [0.2, 0.25) is 0 Å². The van der Waals surface area contributed by atoms with E-state index >= 15 is 0 Å². The van der Waals surface area contributed by atoms with E-state index in [0.717, 1.165) is 0 Å². The summed E-state index contributed by atoms with van der Waals surface area (Å²) in [5.74, 6) is 0. The third-order valence-corrected chi connectivity index (χ3v) is 2.00. The summed E-state index contributed by atoms with van der Waals surface area (Å²) in [6.07, 6.45) is -9.27. The third-order valence-electron chi connectivity index (χ3n) is 2.00. The molecule has 1 aromatic heterocycles. The van der Waals surface area contributed by atoms with Gasteiger partial charge in [0.05, 0.1) is 18.1 Å². The molecule has 0 aliphatic carbocycles. The zero-order valence-corrected chi connectivity index (χ0v) is 8.59. The van der Waals surface area contributed by atoms with Crippen LogP contribution in [0.25, 0.3) is 0 Å². The molecule has 0 fully saturated rings. The van der Waals surface area contributed by atoms with E-state index in [1.165, 1.54) is 12.1 Å². The fourth-order valence-electron chi connectivity index (χ4n) is 1.39. The van der Waals surface area contributed by atoms with Crippen LogP contribution in [-0.2, 0) is 12.6 Å². The quantitative estimate of drug-likeness (QED) is 0.769. The van der Waals surface area contributed by atoms with Crippen molar-refractivity contribution in [2.45, 2.75) is 19.0 Å². The summed E-state index contributed by atoms with van der Waals surface area (Å²) in [4.78, 5) is 2.96. The Bertz CT molecular complexity index is 536. The Labute approximate surface area is 98.1 Å². The molecule has 0 bridgehead atoms. The summed E-state index contributed by atoms with van der Waals surface area (Å²) >= 11 is 0.